The molecule has 1 saturated heterocycles. The van der Waals surface area contributed by atoms with E-state index in [2.05, 4.69) is 6.07 Å². The molecule has 0 radical (unpaired) electrons. The number of carbonyl (C=O) groups is 1. The van der Waals surface area contributed by atoms with Gasteiger partial charge in [-0.25, -0.2) is 9.18 Å². The third-order valence-electron chi connectivity index (χ3n) is 3.88. The van der Waals surface area contributed by atoms with E-state index >= 15 is 0 Å². The van der Waals surface area contributed by atoms with Crippen molar-refractivity contribution >= 4 is 6.09 Å². The first-order valence-corrected chi connectivity index (χ1v) is 8.41. The van der Waals surface area contributed by atoms with Crippen LogP contribution in [0.3, 0.4) is 0 Å². The van der Waals surface area contributed by atoms with Gasteiger partial charge >= 0.3 is 6.09 Å². The van der Waals surface area contributed by atoms with E-state index in [0.29, 0.717) is 25.9 Å². The molecule has 1 aliphatic rings. The first-order valence-electron chi connectivity index (χ1n) is 8.41. The number of carbonyl (C=O) groups excluding carboxylic acids is 1. The molecule has 0 unspecified atom stereocenters. The molecule has 0 aromatic heterocycles. The molecular weight excluding hydrogens is 307 g/mol. The first kappa shape index (κ1) is 20.0. The van der Waals surface area contributed by atoms with Crippen LogP contribution in [-0.4, -0.2) is 29.7 Å². The van der Waals surface area contributed by atoms with Crippen LogP contribution in [0.2, 0.25) is 0 Å². The van der Waals surface area contributed by atoms with Crippen LogP contribution in [0, 0.1) is 17.1 Å². The van der Waals surface area contributed by atoms with Crippen molar-refractivity contribution in [1.29, 1.82) is 5.26 Å². The van der Waals surface area contributed by atoms with Crippen LogP contribution in [0.5, 0.6) is 0 Å². The van der Waals surface area contributed by atoms with Crippen molar-refractivity contribution in [2.75, 3.05) is 13.1 Å². The number of hydrogen-bond donors (Lipinski definition) is 0. The molecule has 24 heavy (non-hydrogen) atoms. The van der Waals surface area contributed by atoms with Gasteiger partial charge in [-0.05, 0) is 51.3 Å². The minimum Gasteiger partial charge on any atom is -0.444 e. The summed E-state index contributed by atoms with van der Waals surface area (Å²) < 4.78 is 18.4. The Kier molecular flexibility index (Phi) is 6.77. The molecule has 5 heteroatoms. The fourth-order valence-electron chi connectivity index (χ4n) is 2.63. The molecule has 2 rings (SSSR count). The van der Waals surface area contributed by atoms with E-state index in [9.17, 15) is 14.4 Å². The number of nitrogens with zero attached hydrogens (tertiary/aromatic N) is 2. The molecule has 0 saturated carbocycles. The van der Waals surface area contributed by atoms with Crippen molar-refractivity contribution in [2.45, 2.75) is 58.5 Å². The van der Waals surface area contributed by atoms with E-state index < -0.39 is 11.0 Å². The van der Waals surface area contributed by atoms with Crippen molar-refractivity contribution in [3.05, 3.63) is 35.6 Å². The van der Waals surface area contributed by atoms with E-state index in [1.165, 1.54) is 12.1 Å². The molecule has 4 nitrogen and oxygen atoms in total. The van der Waals surface area contributed by atoms with E-state index in [-0.39, 0.29) is 11.9 Å². The summed E-state index contributed by atoms with van der Waals surface area (Å²) in [5.41, 5.74) is -0.385. The van der Waals surface area contributed by atoms with Crippen LogP contribution in [-0.2, 0) is 10.2 Å². The van der Waals surface area contributed by atoms with E-state index in [1.807, 2.05) is 34.6 Å². The molecule has 132 valence electrons. The summed E-state index contributed by atoms with van der Waals surface area (Å²) in [4.78, 5) is 13.7. The quantitative estimate of drug-likeness (QED) is 0.751. The van der Waals surface area contributed by atoms with Crippen LogP contribution >= 0.6 is 0 Å². The van der Waals surface area contributed by atoms with Gasteiger partial charge in [0.25, 0.3) is 0 Å². The molecule has 0 atom stereocenters. The predicted molar refractivity (Wildman–Crippen MR) is 92.1 cm³/mol. The van der Waals surface area contributed by atoms with Gasteiger partial charge in [0.15, 0.2) is 0 Å². The highest BCUT2D eigenvalue weighted by molar-refractivity contribution is 5.68. The van der Waals surface area contributed by atoms with Crippen molar-refractivity contribution in [3.63, 3.8) is 0 Å². The molecule has 0 N–H and O–H groups in total. The highest BCUT2D eigenvalue weighted by atomic mass is 19.1. The van der Waals surface area contributed by atoms with E-state index in [1.54, 1.807) is 17.0 Å². The van der Waals surface area contributed by atoms with Crippen molar-refractivity contribution in [3.8, 4) is 6.07 Å². The number of rotatable bonds is 1. The Morgan fingerprint density at radius 2 is 1.71 bits per heavy atom. The maximum absolute atomic E-state index is 13.1. The maximum Gasteiger partial charge on any atom is 0.410 e. The second-order valence-electron chi connectivity index (χ2n) is 6.67. The monoisotopic (exact) mass is 334 g/mol. The Labute approximate surface area is 144 Å². The van der Waals surface area contributed by atoms with Crippen LogP contribution < -0.4 is 0 Å². The SMILES string of the molecule is CC.CC(C)(C)OC(=O)N1CCC(C#N)(c2ccc(F)cc2)CC1. The van der Waals surface area contributed by atoms with E-state index in [0.717, 1.165) is 5.56 Å². The van der Waals surface area contributed by atoms with Gasteiger partial charge in [0.2, 0.25) is 0 Å². The average Bonchev–Trinajstić information content (AvgIpc) is 2.56. The Hall–Kier alpha value is -2.09. The number of halogens is 1. The maximum atomic E-state index is 13.1. The summed E-state index contributed by atoms with van der Waals surface area (Å²) in [6.07, 6.45) is 0.695. The van der Waals surface area contributed by atoms with Crippen molar-refractivity contribution < 1.29 is 13.9 Å². The predicted octanol–water partition coefficient (Wildman–Crippen LogP) is 4.64. The van der Waals surface area contributed by atoms with Gasteiger partial charge in [-0.2, -0.15) is 5.26 Å². The van der Waals surface area contributed by atoms with E-state index in [4.69, 9.17) is 4.74 Å². The highest BCUT2D eigenvalue weighted by Crippen LogP contribution is 2.35. The largest absolute Gasteiger partial charge is 0.444 e. The number of ether oxygens (including phenoxy) is 1. The molecule has 0 spiro atoms. The number of hydrogen-bond acceptors (Lipinski definition) is 3. The standard InChI is InChI=1S/C17H21FN2O2.C2H6/c1-16(2,3)22-15(21)20-10-8-17(12-19,9-11-20)13-4-6-14(18)7-5-13;1-2/h4-7H,8-11H2,1-3H3;1-2H3. The normalized spacial score (nSPS) is 16.5. The lowest BCUT2D eigenvalue weighted by Gasteiger charge is -2.38. The average molecular weight is 334 g/mol. The highest BCUT2D eigenvalue weighted by Gasteiger charge is 2.38. The topological polar surface area (TPSA) is 53.3 Å². The Morgan fingerprint density at radius 3 is 2.12 bits per heavy atom. The second-order valence-corrected chi connectivity index (χ2v) is 6.67. The minimum absolute atomic E-state index is 0.317. The molecule has 1 amide bonds. The summed E-state index contributed by atoms with van der Waals surface area (Å²) >= 11 is 0. The van der Waals surface area contributed by atoms with Gasteiger partial charge in [-0.15, -0.1) is 0 Å². The van der Waals surface area contributed by atoms with Gasteiger partial charge in [0.05, 0.1) is 11.5 Å². The van der Waals surface area contributed by atoms with Crippen molar-refractivity contribution in [1.82, 2.24) is 4.90 Å². The minimum atomic E-state index is -0.661. The summed E-state index contributed by atoms with van der Waals surface area (Å²) in [6.45, 7) is 10.4. The fourth-order valence-corrected chi connectivity index (χ4v) is 2.63. The molecule has 1 heterocycles. The number of likely N-dealkylation sites (tertiary alicyclic amines) is 1. The van der Waals surface area contributed by atoms with Gasteiger partial charge in [0.1, 0.15) is 11.4 Å². The second kappa shape index (κ2) is 8.14. The van der Waals surface area contributed by atoms with Crippen molar-refractivity contribution in [2.24, 2.45) is 0 Å². The Balaban J connectivity index is 0.00000139. The Morgan fingerprint density at radius 1 is 1.21 bits per heavy atom. The molecular formula is C19H27FN2O2. The van der Waals surface area contributed by atoms with Crippen LogP contribution in [0.4, 0.5) is 9.18 Å². The van der Waals surface area contributed by atoms with Gasteiger partial charge in [0, 0.05) is 13.1 Å². The van der Waals surface area contributed by atoms with Gasteiger partial charge < -0.3 is 9.64 Å². The molecule has 1 aliphatic heterocycles. The number of nitriles is 1. The summed E-state index contributed by atoms with van der Waals surface area (Å²) in [7, 11) is 0. The molecule has 1 aromatic carbocycles. The van der Waals surface area contributed by atoms with Crippen LogP contribution in [0.1, 0.15) is 53.0 Å². The molecule has 0 bridgehead atoms. The summed E-state index contributed by atoms with van der Waals surface area (Å²) in [6, 6.07) is 8.41. The Bertz CT molecular complexity index is 577. The van der Waals surface area contributed by atoms with Gasteiger partial charge in [-0.3, -0.25) is 0 Å². The number of amides is 1. The fraction of sp³-hybridized carbons (Fsp3) is 0.579. The lowest BCUT2D eigenvalue weighted by atomic mass is 9.74. The van der Waals surface area contributed by atoms with Crippen LogP contribution in [0.15, 0.2) is 24.3 Å². The summed E-state index contributed by atoms with van der Waals surface area (Å²) in [5.74, 6) is -0.317. The first-order chi connectivity index (χ1) is 11.3. The lowest BCUT2D eigenvalue weighted by Crippen LogP contribution is -2.46. The third kappa shape index (κ3) is 4.95. The number of piperidine rings is 1. The zero-order chi connectivity index (χ0) is 18.4. The summed E-state index contributed by atoms with van der Waals surface area (Å²) in [5, 5.41) is 9.60. The van der Waals surface area contributed by atoms with Crippen LogP contribution in [0.25, 0.3) is 0 Å². The molecule has 1 fully saturated rings. The third-order valence-corrected chi connectivity index (χ3v) is 3.88. The zero-order valence-electron chi connectivity index (χ0n) is 15.2. The lowest BCUT2D eigenvalue weighted by molar-refractivity contribution is 0.0185. The zero-order valence-corrected chi connectivity index (χ0v) is 15.2. The molecule has 1 aromatic rings. The smallest absolute Gasteiger partial charge is 0.410 e. The van der Waals surface area contributed by atoms with Gasteiger partial charge in [-0.1, -0.05) is 26.0 Å². The molecule has 0 aliphatic carbocycles. The number of benzene rings is 1.